The van der Waals surface area contributed by atoms with Crippen molar-refractivity contribution in [3.8, 4) is 0 Å². The third-order valence-corrected chi connectivity index (χ3v) is 8.98. The maximum atomic E-state index is 12.8. The van der Waals surface area contributed by atoms with Crippen LogP contribution in [0.5, 0.6) is 0 Å². The Balaban J connectivity index is 1.59. The number of hydrogen-bond acceptors (Lipinski definition) is 5. The second-order valence-corrected chi connectivity index (χ2v) is 10.1. The molecular formula is C23H32O5. The normalized spacial score (nSPS) is 47.1. The van der Waals surface area contributed by atoms with Gasteiger partial charge in [0.1, 0.15) is 5.78 Å². The zero-order chi connectivity index (χ0) is 20.3. The predicted octanol–water partition coefficient (Wildman–Crippen LogP) is 3.24. The van der Waals surface area contributed by atoms with Crippen molar-refractivity contribution in [3.63, 3.8) is 0 Å². The Morgan fingerprint density at radius 2 is 1.96 bits per heavy atom. The van der Waals surface area contributed by atoms with Crippen LogP contribution in [0, 0.1) is 34.5 Å². The van der Waals surface area contributed by atoms with Crippen LogP contribution in [0.25, 0.3) is 0 Å². The predicted molar refractivity (Wildman–Crippen MR) is 103 cm³/mol. The largest absolute Gasteiger partial charge is 0.458 e. The third kappa shape index (κ3) is 2.65. The van der Waals surface area contributed by atoms with Gasteiger partial charge in [-0.25, -0.2) is 0 Å². The number of rotatable bonds is 3. The Kier molecular flexibility index (Phi) is 4.61. The third-order valence-electron chi connectivity index (χ3n) is 8.98. The van der Waals surface area contributed by atoms with Crippen LogP contribution in [0.2, 0.25) is 0 Å². The number of ketones is 2. The number of esters is 1. The number of ether oxygens (including phenoxy) is 1. The molecule has 3 fully saturated rings. The van der Waals surface area contributed by atoms with Crippen molar-refractivity contribution in [2.24, 2.45) is 34.5 Å². The number of fused-ring (bicyclic) bond motifs is 5. The summed E-state index contributed by atoms with van der Waals surface area (Å²) in [5, 5.41) is 11.4. The van der Waals surface area contributed by atoms with Crippen molar-refractivity contribution in [2.75, 3.05) is 6.61 Å². The Hall–Kier alpha value is -1.49. The van der Waals surface area contributed by atoms with E-state index in [2.05, 4.69) is 13.0 Å². The number of carbonyl (C=O) groups is 3. The summed E-state index contributed by atoms with van der Waals surface area (Å²) in [5.74, 6) is 1.07. The molecule has 0 radical (unpaired) electrons. The van der Waals surface area contributed by atoms with Crippen LogP contribution in [0.3, 0.4) is 0 Å². The average molecular weight is 389 g/mol. The minimum Gasteiger partial charge on any atom is -0.458 e. The van der Waals surface area contributed by atoms with Gasteiger partial charge in [-0.2, -0.15) is 0 Å². The molecule has 4 aliphatic carbocycles. The Labute approximate surface area is 166 Å². The lowest BCUT2D eigenvalue weighted by Gasteiger charge is -2.60. The van der Waals surface area contributed by atoms with Gasteiger partial charge >= 0.3 is 5.97 Å². The minimum absolute atomic E-state index is 0.146. The van der Waals surface area contributed by atoms with E-state index in [0.717, 1.165) is 38.5 Å². The molecule has 154 valence electrons. The first-order valence-electron chi connectivity index (χ1n) is 10.7. The number of carbonyl (C=O) groups excluding carboxylic acids is 3. The molecule has 4 rings (SSSR count). The molecule has 5 heteroatoms. The van der Waals surface area contributed by atoms with E-state index in [1.165, 1.54) is 6.92 Å². The topological polar surface area (TPSA) is 80.7 Å². The zero-order valence-electron chi connectivity index (χ0n) is 17.2. The van der Waals surface area contributed by atoms with E-state index in [9.17, 15) is 19.5 Å². The van der Waals surface area contributed by atoms with Crippen LogP contribution in [0.4, 0.5) is 0 Å². The monoisotopic (exact) mass is 388 g/mol. The van der Waals surface area contributed by atoms with Crippen LogP contribution in [0.15, 0.2) is 12.2 Å². The lowest BCUT2D eigenvalue weighted by Crippen LogP contribution is -2.59. The number of Topliss-reactive ketones (excluding diaryl/α,β-unsaturated/α-hetero) is 2. The molecule has 0 spiro atoms. The second kappa shape index (κ2) is 6.51. The van der Waals surface area contributed by atoms with E-state index >= 15 is 0 Å². The van der Waals surface area contributed by atoms with Crippen LogP contribution < -0.4 is 0 Å². The lowest BCUT2D eigenvalue weighted by molar-refractivity contribution is -0.170. The summed E-state index contributed by atoms with van der Waals surface area (Å²) < 4.78 is 4.90. The van der Waals surface area contributed by atoms with Crippen molar-refractivity contribution in [3.05, 3.63) is 12.2 Å². The highest BCUT2D eigenvalue weighted by molar-refractivity contribution is 5.93. The molecule has 1 unspecified atom stereocenters. The summed E-state index contributed by atoms with van der Waals surface area (Å²) in [7, 11) is 0. The zero-order valence-corrected chi connectivity index (χ0v) is 17.2. The fourth-order valence-corrected chi connectivity index (χ4v) is 7.22. The summed E-state index contributed by atoms with van der Waals surface area (Å²) in [4.78, 5) is 35.9. The van der Waals surface area contributed by atoms with Crippen LogP contribution >= 0.6 is 0 Å². The first-order valence-corrected chi connectivity index (χ1v) is 10.7. The Bertz CT molecular complexity index is 741. The van der Waals surface area contributed by atoms with E-state index < -0.39 is 22.8 Å². The molecule has 0 heterocycles. The van der Waals surface area contributed by atoms with Crippen molar-refractivity contribution in [1.82, 2.24) is 0 Å². The Morgan fingerprint density at radius 3 is 2.68 bits per heavy atom. The van der Waals surface area contributed by atoms with Gasteiger partial charge in [-0.05, 0) is 67.3 Å². The quantitative estimate of drug-likeness (QED) is 0.593. The summed E-state index contributed by atoms with van der Waals surface area (Å²) in [6.45, 7) is 5.29. The molecule has 0 aromatic rings. The van der Waals surface area contributed by atoms with Gasteiger partial charge in [0, 0.05) is 25.2 Å². The molecule has 0 aromatic carbocycles. The van der Waals surface area contributed by atoms with Gasteiger partial charge in [0.05, 0.1) is 0 Å². The van der Waals surface area contributed by atoms with E-state index in [0.29, 0.717) is 30.0 Å². The van der Waals surface area contributed by atoms with E-state index in [-0.39, 0.29) is 17.9 Å². The molecule has 0 saturated heterocycles. The van der Waals surface area contributed by atoms with Crippen LogP contribution in [-0.4, -0.2) is 34.9 Å². The molecule has 0 aliphatic heterocycles. The molecule has 5 nitrogen and oxygen atoms in total. The fourth-order valence-electron chi connectivity index (χ4n) is 7.22. The molecule has 3 saturated carbocycles. The van der Waals surface area contributed by atoms with Gasteiger partial charge in [-0.3, -0.25) is 14.4 Å². The maximum Gasteiger partial charge on any atom is 0.303 e. The molecule has 0 bridgehead atoms. The van der Waals surface area contributed by atoms with Crippen molar-refractivity contribution >= 4 is 17.5 Å². The first-order chi connectivity index (χ1) is 13.1. The van der Waals surface area contributed by atoms with E-state index in [1.54, 1.807) is 6.08 Å². The standard InChI is InChI=1S/C23H32O5/c1-14(24)28-13-20(26)23(27)11-8-19-17-5-4-15-12-16(25)6-9-21(15,2)18(17)7-10-22(19,23)3/h8,11,15,17-19,27H,4-7,9-10,12-13H2,1-3H3/t15?,17-,18+,19+,21+,22+,23+/m1/s1. The molecule has 1 N–H and O–H groups in total. The SMILES string of the molecule is CC(=O)OCC(=O)[C@@]1(O)C=C[C@H]2[C@@H]3CCC4CC(=O)CC[C@]4(C)[C@H]3CC[C@@]21C. The molecule has 0 aromatic heterocycles. The number of hydrogen-bond donors (Lipinski definition) is 1. The van der Waals surface area contributed by atoms with Crippen molar-refractivity contribution in [2.45, 2.75) is 71.3 Å². The Morgan fingerprint density at radius 1 is 1.21 bits per heavy atom. The maximum absolute atomic E-state index is 12.8. The van der Waals surface area contributed by atoms with Gasteiger partial charge in [-0.1, -0.05) is 19.9 Å². The summed E-state index contributed by atoms with van der Waals surface area (Å²) in [5.41, 5.74) is -1.94. The van der Waals surface area contributed by atoms with E-state index in [1.807, 2.05) is 6.92 Å². The molecule has 4 aliphatic rings. The van der Waals surface area contributed by atoms with E-state index in [4.69, 9.17) is 4.74 Å². The molecule has 0 amide bonds. The van der Waals surface area contributed by atoms with Crippen molar-refractivity contribution < 1.29 is 24.2 Å². The lowest BCUT2D eigenvalue weighted by atomic mass is 9.44. The first kappa shape index (κ1) is 19.8. The number of aliphatic hydroxyl groups is 1. The highest BCUT2D eigenvalue weighted by Crippen LogP contribution is 2.66. The molecular weight excluding hydrogens is 356 g/mol. The highest BCUT2D eigenvalue weighted by Gasteiger charge is 2.64. The highest BCUT2D eigenvalue weighted by atomic mass is 16.5. The summed E-state index contributed by atoms with van der Waals surface area (Å²) >= 11 is 0. The molecule has 28 heavy (non-hydrogen) atoms. The van der Waals surface area contributed by atoms with Crippen LogP contribution in [-0.2, 0) is 19.1 Å². The van der Waals surface area contributed by atoms with Crippen molar-refractivity contribution in [1.29, 1.82) is 0 Å². The smallest absolute Gasteiger partial charge is 0.303 e. The number of allylic oxidation sites excluding steroid dienone is 1. The van der Waals surface area contributed by atoms with Gasteiger partial charge in [0.2, 0.25) is 5.78 Å². The second-order valence-electron chi connectivity index (χ2n) is 10.1. The van der Waals surface area contributed by atoms with Gasteiger partial charge < -0.3 is 9.84 Å². The average Bonchev–Trinajstić information content (AvgIpc) is 2.92. The van der Waals surface area contributed by atoms with Gasteiger partial charge in [0.15, 0.2) is 12.2 Å². The summed E-state index contributed by atoms with van der Waals surface area (Å²) in [6.07, 6.45) is 9.97. The minimum atomic E-state index is -1.57. The van der Waals surface area contributed by atoms with Crippen LogP contribution in [0.1, 0.15) is 65.7 Å². The summed E-state index contributed by atoms with van der Waals surface area (Å²) in [6, 6.07) is 0. The van der Waals surface area contributed by atoms with Gasteiger partial charge in [0.25, 0.3) is 0 Å². The van der Waals surface area contributed by atoms with Gasteiger partial charge in [-0.15, -0.1) is 0 Å². The molecule has 7 atom stereocenters. The fraction of sp³-hybridized carbons (Fsp3) is 0.783.